The number of benzene rings is 2. The third kappa shape index (κ3) is 5.19. The van der Waals surface area contributed by atoms with Crippen molar-refractivity contribution in [3.8, 4) is 11.5 Å². The second-order valence-corrected chi connectivity index (χ2v) is 9.82. The zero-order chi connectivity index (χ0) is 25.8. The lowest BCUT2D eigenvalue weighted by Crippen LogP contribution is -2.46. The van der Waals surface area contributed by atoms with Crippen LogP contribution in [-0.4, -0.2) is 69.1 Å². The van der Waals surface area contributed by atoms with Gasteiger partial charge in [0.15, 0.2) is 11.5 Å². The molecular formula is C28H36FN3O4. The van der Waals surface area contributed by atoms with Gasteiger partial charge in [-0.25, -0.2) is 4.39 Å². The van der Waals surface area contributed by atoms with E-state index in [1.54, 1.807) is 37.4 Å². The number of rotatable bonds is 8. The highest BCUT2D eigenvalue weighted by molar-refractivity contribution is 6.02. The molecule has 2 aliphatic heterocycles. The van der Waals surface area contributed by atoms with E-state index in [9.17, 15) is 14.0 Å². The number of likely N-dealkylation sites (tertiary alicyclic amines) is 1. The fraction of sp³-hybridized carbons (Fsp3) is 0.500. The minimum Gasteiger partial charge on any atom is -0.493 e. The van der Waals surface area contributed by atoms with Crippen LogP contribution in [-0.2, 0) is 4.79 Å². The Morgan fingerprint density at radius 3 is 2.42 bits per heavy atom. The molecular weight excluding hydrogens is 461 g/mol. The quantitative estimate of drug-likeness (QED) is 0.559. The van der Waals surface area contributed by atoms with E-state index in [1.807, 2.05) is 0 Å². The zero-order valence-corrected chi connectivity index (χ0v) is 21.6. The van der Waals surface area contributed by atoms with E-state index in [-0.39, 0.29) is 11.8 Å². The number of piperidine rings is 1. The molecule has 0 aromatic heterocycles. The summed E-state index contributed by atoms with van der Waals surface area (Å²) in [6.07, 6.45) is 3.24. The Morgan fingerprint density at radius 1 is 1.08 bits per heavy atom. The molecule has 1 N–H and O–H groups in total. The number of ether oxygens (including phenoxy) is 2. The maximum Gasteiger partial charge on any atom is 0.254 e. The molecule has 0 spiro atoms. The molecule has 2 atom stereocenters. The van der Waals surface area contributed by atoms with Crippen molar-refractivity contribution in [1.82, 2.24) is 15.1 Å². The number of halogens is 1. The smallest absolute Gasteiger partial charge is 0.254 e. The molecule has 0 aliphatic carbocycles. The fourth-order valence-electron chi connectivity index (χ4n) is 5.34. The van der Waals surface area contributed by atoms with Crippen LogP contribution >= 0.6 is 0 Å². The van der Waals surface area contributed by atoms with Crippen LogP contribution in [0.25, 0.3) is 0 Å². The lowest BCUT2D eigenvalue weighted by atomic mass is 9.79. The van der Waals surface area contributed by atoms with Gasteiger partial charge in [0.25, 0.3) is 5.91 Å². The summed E-state index contributed by atoms with van der Waals surface area (Å²) in [4.78, 5) is 31.0. The van der Waals surface area contributed by atoms with Crippen molar-refractivity contribution in [2.24, 2.45) is 5.92 Å². The SMILES string of the molecule is COc1cc2c(cc1OC)[C@H](C(=O)NCCCN1CCC(C)CC1)[C@H](c1ccccc1F)N(C)C2=O. The molecule has 0 bridgehead atoms. The van der Waals surface area contributed by atoms with E-state index in [0.717, 1.165) is 32.0 Å². The predicted molar refractivity (Wildman–Crippen MR) is 136 cm³/mol. The Morgan fingerprint density at radius 2 is 1.75 bits per heavy atom. The third-order valence-corrected chi connectivity index (χ3v) is 7.51. The maximum atomic E-state index is 15.0. The molecule has 2 amide bonds. The molecule has 2 aromatic rings. The highest BCUT2D eigenvalue weighted by Gasteiger charge is 2.44. The number of nitrogens with one attached hydrogen (secondary N) is 1. The summed E-state index contributed by atoms with van der Waals surface area (Å²) in [6, 6.07) is 8.78. The first kappa shape index (κ1) is 25.9. The van der Waals surface area contributed by atoms with Crippen LogP contribution < -0.4 is 14.8 Å². The summed E-state index contributed by atoms with van der Waals surface area (Å²) in [5.41, 5.74) is 1.16. The Labute approximate surface area is 212 Å². The number of carbonyl (C=O) groups is 2. The molecule has 1 fully saturated rings. The van der Waals surface area contributed by atoms with E-state index in [4.69, 9.17) is 9.47 Å². The average Bonchev–Trinajstić information content (AvgIpc) is 2.89. The maximum absolute atomic E-state index is 15.0. The summed E-state index contributed by atoms with van der Waals surface area (Å²) in [6.45, 7) is 5.90. The second kappa shape index (κ2) is 11.3. The lowest BCUT2D eigenvalue weighted by Gasteiger charge is -2.40. The van der Waals surface area contributed by atoms with Gasteiger partial charge in [-0.05, 0) is 68.6 Å². The first-order valence-corrected chi connectivity index (χ1v) is 12.6. The summed E-state index contributed by atoms with van der Waals surface area (Å²) < 4.78 is 25.8. The summed E-state index contributed by atoms with van der Waals surface area (Å²) in [5.74, 6) is -0.224. The first-order valence-electron chi connectivity index (χ1n) is 12.6. The molecule has 1 saturated heterocycles. The Bertz CT molecular complexity index is 1100. The van der Waals surface area contributed by atoms with Crippen molar-refractivity contribution in [2.75, 3.05) is 47.4 Å². The normalized spacial score (nSPS) is 20.7. The van der Waals surface area contributed by atoms with Crippen molar-refractivity contribution in [1.29, 1.82) is 0 Å². The Kier molecular flexibility index (Phi) is 8.14. The molecule has 36 heavy (non-hydrogen) atoms. The second-order valence-electron chi connectivity index (χ2n) is 9.82. The molecule has 2 heterocycles. The van der Waals surface area contributed by atoms with Gasteiger partial charge in [-0.1, -0.05) is 25.1 Å². The Balaban J connectivity index is 1.62. The highest BCUT2D eigenvalue weighted by Crippen LogP contribution is 2.46. The number of likely N-dealkylation sites (N-methyl/N-ethyl adjacent to an activating group) is 1. The van der Waals surface area contributed by atoms with Crippen molar-refractivity contribution in [3.05, 3.63) is 58.9 Å². The summed E-state index contributed by atoms with van der Waals surface area (Å²) in [5, 5.41) is 3.06. The molecule has 0 saturated carbocycles. The third-order valence-electron chi connectivity index (χ3n) is 7.51. The van der Waals surface area contributed by atoms with Gasteiger partial charge in [0.05, 0.1) is 26.2 Å². The van der Waals surface area contributed by atoms with Crippen molar-refractivity contribution in [3.63, 3.8) is 0 Å². The first-order chi connectivity index (χ1) is 17.3. The topological polar surface area (TPSA) is 71.1 Å². The molecule has 2 aromatic carbocycles. The van der Waals surface area contributed by atoms with E-state index < -0.39 is 17.8 Å². The van der Waals surface area contributed by atoms with E-state index in [0.29, 0.717) is 34.7 Å². The van der Waals surface area contributed by atoms with Crippen molar-refractivity contribution in [2.45, 2.75) is 38.1 Å². The van der Waals surface area contributed by atoms with Crippen LogP contribution in [0.1, 0.15) is 59.6 Å². The summed E-state index contributed by atoms with van der Waals surface area (Å²) >= 11 is 0. The summed E-state index contributed by atoms with van der Waals surface area (Å²) in [7, 11) is 4.61. The van der Waals surface area contributed by atoms with Crippen LogP contribution in [0.5, 0.6) is 11.5 Å². The van der Waals surface area contributed by atoms with Gasteiger partial charge in [-0.2, -0.15) is 0 Å². The van der Waals surface area contributed by atoms with E-state index in [2.05, 4.69) is 17.1 Å². The zero-order valence-electron chi connectivity index (χ0n) is 21.6. The van der Waals surface area contributed by atoms with Gasteiger partial charge < -0.3 is 24.6 Å². The van der Waals surface area contributed by atoms with Crippen LogP contribution in [0.15, 0.2) is 36.4 Å². The van der Waals surface area contributed by atoms with Gasteiger partial charge in [0.1, 0.15) is 5.82 Å². The van der Waals surface area contributed by atoms with Gasteiger partial charge in [-0.15, -0.1) is 0 Å². The minimum atomic E-state index is -0.810. The number of fused-ring (bicyclic) bond motifs is 1. The van der Waals surface area contributed by atoms with Gasteiger partial charge >= 0.3 is 0 Å². The number of nitrogens with zero attached hydrogens (tertiary/aromatic N) is 2. The monoisotopic (exact) mass is 497 g/mol. The van der Waals surface area contributed by atoms with Crippen LogP contribution in [0, 0.1) is 11.7 Å². The largest absolute Gasteiger partial charge is 0.493 e. The van der Waals surface area contributed by atoms with Crippen LogP contribution in [0.4, 0.5) is 4.39 Å². The predicted octanol–water partition coefficient (Wildman–Crippen LogP) is 3.99. The molecule has 0 unspecified atom stereocenters. The number of methoxy groups -OCH3 is 2. The molecule has 2 aliphatic rings. The van der Waals surface area contributed by atoms with E-state index in [1.165, 1.54) is 38.0 Å². The number of hydrogen-bond acceptors (Lipinski definition) is 5. The number of carbonyl (C=O) groups excluding carboxylic acids is 2. The highest BCUT2D eigenvalue weighted by atomic mass is 19.1. The molecule has 0 radical (unpaired) electrons. The van der Waals surface area contributed by atoms with Crippen LogP contribution in [0.2, 0.25) is 0 Å². The standard InChI is InChI=1S/C28H36FN3O4/c1-18-10-14-32(15-11-18)13-7-12-30-27(33)25-20-16-23(35-3)24(36-4)17-21(20)28(34)31(2)26(25)19-8-5-6-9-22(19)29/h5-6,8-9,16-18,25-26H,7,10-15H2,1-4H3,(H,30,33)/t25-,26-/m0/s1. The molecule has 7 nitrogen and oxygen atoms in total. The average molecular weight is 498 g/mol. The van der Waals surface area contributed by atoms with Crippen LogP contribution in [0.3, 0.4) is 0 Å². The van der Waals surface area contributed by atoms with Crippen molar-refractivity contribution < 1.29 is 23.5 Å². The lowest BCUT2D eigenvalue weighted by molar-refractivity contribution is -0.124. The minimum absolute atomic E-state index is 0.247. The molecule has 4 rings (SSSR count). The van der Waals surface area contributed by atoms with Gasteiger partial charge in [-0.3, -0.25) is 9.59 Å². The van der Waals surface area contributed by atoms with Gasteiger partial charge in [0, 0.05) is 24.7 Å². The van der Waals surface area contributed by atoms with E-state index >= 15 is 0 Å². The number of hydrogen-bond donors (Lipinski definition) is 1. The fourth-order valence-corrected chi connectivity index (χ4v) is 5.34. The molecule has 8 heteroatoms. The number of amides is 2. The molecule has 194 valence electrons. The van der Waals surface area contributed by atoms with Crippen molar-refractivity contribution >= 4 is 11.8 Å². The Hall–Kier alpha value is -3.13. The van der Waals surface area contributed by atoms with Gasteiger partial charge in [0.2, 0.25) is 5.91 Å².